The van der Waals surface area contributed by atoms with Crippen LogP contribution in [0.3, 0.4) is 0 Å². The van der Waals surface area contributed by atoms with Crippen LogP contribution in [0.25, 0.3) is 0 Å². The fourth-order valence-electron chi connectivity index (χ4n) is 0.751. The lowest BCUT2D eigenvalue weighted by atomic mass is 10.8. The highest BCUT2D eigenvalue weighted by molar-refractivity contribution is 7.09. The molecule has 0 atom stereocenters. The average Bonchev–Trinajstić information content (AvgIpc) is 3.05. The maximum atomic E-state index is 4.61. The lowest BCUT2D eigenvalue weighted by molar-refractivity contribution is 0.392. The van der Waals surface area contributed by atoms with Gasteiger partial charge >= 0.3 is 0 Å². The van der Waals surface area contributed by atoms with Crippen LogP contribution in [-0.2, 0) is 0 Å². The summed E-state index contributed by atoms with van der Waals surface area (Å²) in [7, 11) is 0. The minimum Gasteiger partial charge on any atom is -0.428 e. The topological polar surface area (TPSA) is 90.7 Å². The predicted octanol–water partition coefficient (Wildman–Crippen LogP) is 2.21. The Balaban J connectivity index is 0.000000135. The number of hydrogen-bond acceptors (Lipinski definition) is 8. The van der Waals surface area contributed by atoms with Gasteiger partial charge < -0.3 is 8.94 Å². The van der Waals surface area contributed by atoms with E-state index in [2.05, 4.69) is 34.3 Å². The zero-order valence-corrected chi connectivity index (χ0v) is 11.1. The van der Waals surface area contributed by atoms with E-state index >= 15 is 0 Å². The van der Waals surface area contributed by atoms with Crippen LogP contribution in [0.2, 0.25) is 0 Å². The Bertz CT molecular complexity index is 416. The first kappa shape index (κ1) is 14.0. The van der Waals surface area contributed by atoms with Crippen LogP contribution in [-0.4, -0.2) is 25.3 Å². The van der Waals surface area contributed by atoms with E-state index in [-0.39, 0.29) is 0 Å². The standard InChI is InChI=1S/C4H5NS.2C3H4N2O/c1-4-5-2-3-6-4;1-3-5-4-2-6-3;1-3-4-2-5-6-3/h2-3H,1H3;2*2H,1H3. The van der Waals surface area contributed by atoms with Crippen LogP contribution in [0, 0.1) is 20.8 Å². The van der Waals surface area contributed by atoms with Gasteiger partial charge in [-0.3, -0.25) is 4.98 Å². The van der Waals surface area contributed by atoms with Crippen molar-refractivity contribution in [2.75, 3.05) is 0 Å². The van der Waals surface area contributed by atoms with Crippen molar-refractivity contribution >= 4 is 11.3 Å². The van der Waals surface area contributed by atoms with Crippen LogP contribution < -0.4 is 0 Å². The van der Waals surface area contributed by atoms with Crippen molar-refractivity contribution in [1.82, 2.24) is 25.3 Å². The summed E-state index contributed by atoms with van der Waals surface area (Å²) < 4.78 is 9.08. The molecule has 3 aromatic rings. The van der Waals surface area contributed by atoms with Gasteiger partial charge in [-0.1, -0.05) is 5.16 Å². The smallest absolute Gasteiger partial charge is 0.223 e. The maximum absolute atomic E-state index is 4.61. The number of rotatable bonds is 0. The van der Waals surface area contributed by atoms with E-state index in [0.29, 0.717) is 11.8 Å². The van der Waals surface area contributed by atoms with Crippen molar-refractivity contribution in [1.29, 1.82) is 0 Å². The van der Waals surface area contributed by atoms with Crippen molar-refractivity contribution in [2.24, 2.45) is 0 Å². The molecule has 3 rings (SSSR count). The van der Waals surface area contributed by atoms with Crippen molar-refractivity contribution in [3.8, 4) is 0 Å². The molecule has 0 aliphatic heterocycles. The van der Waals surface area contributed by atoms with E-state index in [4.69, 9.17) is 0 Å². The summed E-state index contributed by atoms with van der Waals surface area (Å²) in [5.41, 5.74) is 0. The third-order valence-electron chi connectivity index (χ3n) is 1.50. The molecule has 8 heteroatoms. The second-order valence-corrected chi connectivity index (χ2v) is 4.07. The first-order chi connectivity index (χ1) is 8.68. The second-order valence-electron chi connectivity index (χ2n) is 2.97. The van der Waals surface area contributed by atoms with E-state index < -0.39 is 0 Å². The molecule has 0 saturated heterocycles. The largest absolute Gasteiger partial charge is 0.428 e. The Morgan fingerprint density at radius 1 is 1.11 bits per heavy atom. The fraction of sp³-hybridized carbons (Fsp3) is 0.300. The highest BCUT2D eigenvalue weighted by Crippen LogP contribution is 1.98. The van der Waals surface area contributed by atoms with Crippen molar-refractivity contribution in [3.05, 3.63) is 41.1 Å². The molecular weight excluding hydrogens is 254 g/mol. The third-order valence-corrected chi connectivity index (χ3v) is 2.20. The van der Waals surface area contributed by atoms with Crippen LogP contribution in [0.4, 0.5) is 0 Å². The molecule has 0 radical (unpaired) electrons. The molecule has 0 aromatic carbocycles. The van der Waals surface area contributed by atoms with Gasteiger partial charge in [0, 0.05) is 25.4 Å². The molecule has 0 N–H and O–H groups in total. The van der Waals surface area contributed by atoms with Gasteiger partial charge in [-0.25, -0.2) is 0 Å². The molecule has 0 saturated carbocycles. The summed E-state index contributed by atoms with van der Waals surface area (Å²) in [5.74, 6) is 1.21. The molecule has 96 valence electrons. The van der Waals surface area contributed by atoms with Crippen molar-refractivity contribution < 1.29 is 8.94 Å². The van der Waals surface area contributed by atoms with Gasteiger partial charge in [0.05, 0.1) is 5.01 Å². The first-order valence-electron chi connectivity index (χ1n) is 5.00. The molecule has 0 aliphatic carbocycles. The summed E-state index contributed by atoms with van der Waals surface area (Å²) in [5, 5.41) is 13.3. The molecule has 7 nitrogen and oxygen atoms in total. The van der Waals surface area contributed by atoms with E-state index in [0.717, 1.165) is 5.01 Å². The van der Waals surface area contributed by atoms with Gasteiger partial charge in [-0.05, 0) is 6.92 Å². The van der Waals surface area contributed by atoms with Gasteiger partial charge in [-0.15, -0.1) is 21.5 Å². The quantitative estimate of drug-likeness (QED) is 0.616. The highest BCUT2D eigenvalue weighted by atomic mass is 32.1. The summed E-state index contributed by atoms with van der Waals surface area (Å²) in [4.78, 5) is 7.57. The van der Waals surface area contributed by atoms with Gasteiger partial charge in [0.2, 0.25) is 18.2 Å². The SMILES string of the molecule is Cc1nccs1.Cc1ncno1.Cc1nnco1. The minimum atomic E-state index is 0.606. The lowest BCUT2D eigenvalue weighted by Crippen LogP contribution is -1.65. The Hall–Kier alpha value is -2.09. The van der Waals surface area contributed by atoms with E-state index in [1.54, 1.807) is 31.4 Å². The minimum absolute atomic E-state index is 0.606. The average molecular weight is 267 g/mol. The monoisotopic (exact) mass is 267 g/mol. The second kappa shape index (κ2) is 8.07. The van der Waals surface area contributed by atoms with Crippen LogP contribution in [0.15, 0.2) is 33.2 Å². The van der Waals surface area contributed by atoms with E-state index in [9.17, 15) is 0 Å². The Morgan fingerprint density at radius 2 is 1.94 bits per heavy atom. The summed E-state index contributed by atoms with van der Waals surface area (Å²) in [6.45, 7) is 5.48. The summed E-state index contributed by atoms with van der Waals surface area (Å²) in [6.07, 6.45) is 4.48. The van der Waals surface area contributed by atoms with Gasteiger partial charge in [0.15, 0.2) is 6.33 Å². The summed E-state index contributed by atoms with van der Waals surface area (Å²) >= 11 is 1.67. The van der Waals surface area contributed by atoms with Gasteiger partial charge in [-0.2, -0.15) is 4.98 Å². The van der Waals surface area contributed by atoms with Crippen molar-refractivity contribution in [3.63, 3.8) is 0 Å². The predicted molar refractivity (Wildman–Crippen MR) is 64.9 cm³/mol. The summed E-state index contributed by atoms with van der Waals surface area (Å²) in [6, 6.07) is 0. The molecule has 0 fully saturated rings. The van der Waals surface area contributed by atoms with E-state index in [1.807, 2.05) is 12.3 Å². The molecule has 3 heterocycles. The molecule has 0 bridgehead atoms. The molecule has 0 unspecified atom stereocenters. The number of thiazole rings is 1. The van der Waals surface area contributed by atoms with Crippen LogP contribution in [0.1, 0.15) is 16.8 Å². The highest BCUT2D eigenvalue weighted by Gasteiger charge is 1.80. The van der Waals surface area contributed by atoms with Crippen LogP contribution >= 0.6 is 11.3 Å². The molecule has 3 aromatic heterocycles. The first-order valence-corrected chi connectivity index (χ1v) is 5.88. The fourth-order valence-corrected chi connectivity index (χ4v) is 1.19. The Kier molecular flexibility index (Phi) is 6.26. The van der Waals surface area contributed by atoms with E-state index in [1.165, 1.54) is 12.7 Å². The number of aryl methyl sites for hydroxylation is 3. The van der Waals surface area contributed by atoms with Gasteiger partial charge in [0.1, 0.15) is 0 Å². The normalized spacial score (nSPS) is 8.83. The molecule has 0 spiro atoms. The Labute approximate surface area is 108 Å². The number of aromatic nitrogens is 5. The third kappa shape index (κ3) is 6.48. The molecule has 0 amide bonds. The zero-order chi connectivity index (χ0) is 13.2. The lowest BCUT2D eigenvalue weighted by Gasteiger charge is -1.65. The maximum Gasteiger partial charge on any atom is 0.223 e. The number of nitrogens with zero attached hydrogens (tertiary/aromatic N) is 5. The molecule has 0 aliphatic rings. The van der Waals surface area contributed by atoms with Gasteiger partial charge in [0.25, 0.3) is 0 Å². The van der Waals surface area contributed by atoms with Crippen molar-refractivity contribution in [2.45, 2.75) is 20.8 Å². The van der Waals surface area contributed by atoms with Crippen LogP contribution in [0.5, 0.6) is 0 Å². The Morgan fingerprint density at radius 3 is 2.11 bits per heavy atom. The zero-order valence-electron chi connectivity index (χ0n) is 10.3. The molecule has 18 heavy (non-hydrogen) atoms. The molecular formula is C10H13N5O2S. The number of hydrogen-bond donors (Lipinski definition) is 0.